The molecule has 1 N–H and O–H groups in total. The third-order valence-corrected chi connectivity index (χ3v) is 8.07. The first-order chi connectivity index (χ1) is 17.5. The molecule has 0 aliphatic heterocycles. The average molecular weight is 533 g/mol. The van der Waals surface area contributed by atoms with Crippen LogP contribution >= 0.6 is 0 Å². The normalized spacial score (nSPS) is 12.9. The summed E-state index contributed by atoms with van der Waals surface area (Å²) in [6.07, 6.45) is 35.6. The van der Waals surface area contributed by atoms with Crippen LogP contribution < -0.4 is 0 Å². The summed E-state index contributed by atoms with van der Waals surface area (Å²) in [5.74, 6) is 0.239. The molecule has 0 amide bonds. The molecule has 0 aromatic carbocycles. The van der Waals surface area contributed by atoms with Gasteiger partial charge in [0, 0.05) is 0 Å². The fourth-order valence-electron chi connectivity index (χ4n) is 5.22. The summed E-state index contributed by atoms with van der Waals surface area (Å²) in [4.78, 5) is 0. The zero-order valence-corrected chi connectivity index (χ0v) is 25.3. The number of hydrogen-bond donors (Lipinski definition) is 1. The Bertz CT molecular complexity index is 521. The van der Waals surface area contributed by atoms with Gasteiger partial charge in [0.25, 0.3) is 0 Å². The second-order valence-corrected chi connectivity index (χ2v) is 12.4. The van der Waals surface area contributed by atoms with Crippen molar-refractivity contribution in [3.8, 4) is 0 Å². The van der Waals surface area contributed by atoms with E-state index in [9.17, 15) is 8.42 Å². The minimum Gasteiger partial charge on any atom is -0.264 e. The molecule has 0 aliphatic rings. The van der Waals surface area contributed by atoms with Gasteiger partial charge in [-0.1, -0.05) is 174 Å². The molecule has 0 saturated carbocycles. The number of rotatable bonds is 30. The molecule has 0 bridgehead atoms. The zero-order chi connectivity index (χ0) is 26.6. The van der Waals surface area contributed by atoms with Crippen LogP contribution in [0.15, 0.2) is 0 Å². The van der Waals surface area contributed by atoms with Gasteiger partial charge in [0.05, 0.1) is 6.61 Å². The molecule has 0 aromatic rings. The van der Waals surface area contributed by atoms with Crippen molar-refractivity contribution in [1.29, 1.82) is 0 Å². The van der Waals surface area contributed by atoms with E-state index >= 15 is 0 Å². The first kappa shape index (κ1) is 35.9. The second kappa shape index (κ2) is 27.9. The van der Waals surface area contributed by atoms with Crippen molar-refractivity contribution in [3.63, 3.8) is 0 Å². The van der Waals surface area contributed by atoms with Gasteiger partial charge in [-0.25, -0.2) is 4.18 Å². The molecule has 5 heteroatoms. The Kier molecular flexibility index (Phi) is 27.8. The molecule has 4 nitrogen and oxygen atoms in total. The van der Waals surface area contributed by atoms with Crippen molar-refractivity contribution < 1.29 is 17.2 Å². The first-order valence-electron chi connectivity index (χ1n) is 16.1. The van der Waals surface area contributed by atoms with Gasteiger partial charge in [-0.15, -0.1) is 0 Å². The smallest absolute Gasteiger partial charge is 0.264 e. The van der Waals surface area contributed by atoms with E-state index < -0.39 is 10.4 Å². The lowest BCUT2D eigenvalue weighted by atomic mass is 9.94. The van der Waals surface area contributed by atoms with Crippen LogP contribution in [0.5, 0.6) is 0 Å². The van der Waals surface area contributed by atoms with E-state index in [0.717, 1.165) is 25.7 Å². The molecular weight excluding hydrogens is 468 g/mol. The van der Waals surface area contributed by atoms with E-state index in [-0.39, 0.29) is 12.5 Å². The predicted molar refractivity (Wildman–Crippen MR) is 157 cm³/mol. The quantitative estimate of drug-likeness (QED) is 0.0738. The highest BCUT2D eigenvalue weighted by Crippen LogP contribution is 2.21. The number of hydrogen-bond acceptors (Lipinski definition) is 3. The summed E-state index contributed by atoms with van der Waals surface area (Å²) in [6.45, 7) is 4.65. The van der Waals surface area contributed by atoms with Crippen molar-refractivity contribution >= 4 is 10.4 Å². The van der Waals surface area contributed by atoms with Gasteiger partial charge in [-0.05, 0) is 18.8 Å². The Morgan fingerprint density at radius 3 is 0.972 bits per heavy atom. The molecule has 0 radical (unpaired) electrons. The summed E-state index contributed by atoms with van der Waals surface area (Å²) in [5.41, 5.74) is 0. The minimum atomic E-state index is -4.33. The van der Waals surface area contributed by atoms with Crippen LogP contribution in [0.1, 0.15) is 187 Å². The van der Waals surface area contributed by atoms with Crippen molar-refractivity contribution in [2.45, 2.75) is 187 Å². The van der Waals surface area contributed by atoms with Crippen LogP contribution in [-0.4, -0.2) is 19.6 Å². The highest BCUT2D eigenvalue weighted by atomic mass is 32.3. The van der Waals surface area contributed by atoms with Crippen molar-refractivity contribution in [2.24, 2.45) is 5.92 Å². The van der Waals surface area contributed by atoms with Gasteiger partial charge < -0.3 is 0 Å². The predicted octanol–water partition coefficient (Wildman–Crippen LogP) is 11.0. The largest absolute Gasteiger partial charge is 0.397 e. The molecule has 0 heterocycles. The van der Waals surface area contributed by atoms with Gasteiger partial charge in [0.15, 0.2) is 0 Å². The monoisotopic (exact) mass is 532 g/mol. The number of unbranched alkanes of at least 4 members (excludes halogenated alkanes) is 23. The molecular formula is C31H64O4S. The molecule has 0 fully saturated rings. The van der Waals surface area contributed by atoms with Gasteiger partial charge >= 0.3 is 10.4 Å². The lowest BCUT2D eigenvalue weighted by Crippen LogP contribution is -2.14. The van der Waals surface area contributed by atoms with E-state index in [4.69, 9.17) is 8.74 Å². The van der Waals surface area contributed by atoms with E-state index in [2.05, 4.69) is 13.8 Å². The topological polar surface area (TPSA) is 63.6 Å². The maximum Gasteiger partial charge on any atom is 0.397 e. The summed E-state index contributed by atoms with van der Waals surface area (Å²) in [5, 5.41) is 0. The molecule has 0 saturated heterocycles. The summed E-state index contributed by atoms with van der Waals surface area (Å²) in [7, 11) is -4.33. The Morgan fingerprint density at radius 1 is 0.472 bits per heavy atom. The minimum absolute atomic E-state index is 0.133. The molecule has 0 aromatic heterocycles. The third kappa shape index (κ3) is 30.1. The molecule has 36 heavy (non-hydrogen) atoms. The standard InChI is InChI=1S/C31H64O4S/c1-3-5-7-9-11-12-13-14-15-16-17-18-19-20-21-23-25-27-29-31(30-35-36(32,33)34)28-26-24-22-10-8-6-4-2/h31H,3-30H2,1-2H3,(H,32,33,34). The van der Waals surface area contributed by atoms with Crippen molar-refractivity contribution in [2.75, 3.05) is 6.61 Å². The average Bonchev–Trinajstić information content (AvgIpc) is 2.84. The lowest BCUT2D eigenvalue weighted by Gasteiger charge is -2.16. The summed E-state index contributed by atoms with van der Waals surface area (Å²) >= 11 is 0. The highest BCUT2D eigenvalue weighted by Gasteiger charge is 2.13. The van der Waals surface area contributed by atoms with E-state index in [1.54, 1.807) is 0 Å². The Hall–Kier alpha value is -0.130. The first-order valence-corrected chi connectivity index (χ1v) is 17.5. The molecule has 0 spiro atoms. The van der Waals surface area contributed by atoms with Crippen LogP contribution in [0.2, 0.25) is 0 Å². The summed E-state index contributed by atoms with van der Waals surface area (Å²) < 4.78 is 35.6. The molecule has 0 rings (SSSR count). The third-order valence-electron chi connectivity index (χ3n) is 7.63. The van der Waals surface area contributed by atoms with Gasteiger partial charge in [0.2, 0.25) is 0 Å². The van der Waals surface area contributed by atoms with Gasteiger partial charge in [0.1, 0.15) is 0 Å². The lowest BCUT2D eigenvalue weighted by molar-refractivity contribution is 0.204. The highest BCUT2D eigenvalue weighted by molar-refractivity contribution is 7.80. The van der Waals surface area contributed by atoms with Crippen LogP contribution in [0.3, 0.4) is 0 Å². The van der Waals surface area contributed by atoms with Crippen LogP contribution in [0.25, 0.3) is 0 Å². The van der Waals surface area contributed by atoms with Crippen molar-refractivity contribution in [3.05, 3.63) is 0 Å². The van der Waals surface area contributed by atoms with Gasteiger partial charge in [-0.3, -0.25) is 4.55 Å². The molecule has 218 valence electrons. The Balaban J connectivity index is 3.59. The van der Waals surface area contributed by atoms with E-state index in [0.29, 0.717) is 0 Å². The zero-order valence-electron chi connectivity index (χ0n) is 24.5. The van der Waals surface area contributed by atoms with E-state index in [1.807, 2.05) is 0 Å². The van der Waals surface area contributed by atoms with Gasteiger partial charge in [-0.2, -0.15) is 8.42 Å². The van der Waals surface area contributed by atoms with E-state index in [1.165, 1.54) is 148 Å². The SMILES string of the molecule is CCCCCCCCCCCCCCCCCCCCC(CCCCCCCCC)COS(=O)(=O)O. The molecule has 1 unspecified atom stereocenters. The fraction of sp³-hybridized carbons (Fsp3) is 1.00. The summed E-state index contributed by atoms with van der Waals surface area (Å²) in [6, 6.07) is 0. The Morgan fingerprint density at radius 2 is 0.722 bits per heavy atom. The second-order valence-electron chi connectivity index (χ2n) is 11.3. The van der Waals surface area contributed by atoms with Crippen molar-refractivity contribution in [1.82, 2.24) is 0 Å². The molecule has 0 aliphatic carbocycles. The van der Waals surface area contributed by atoms with Crippen LogP contribution in [0, 0.1) is 5.92 Å². The fourth-order valence-corrected chi connectivity index (χ4v) is 5.58. The maximum atomic E-state index is 11.0. The van der Waals surface area contributed by atoms with Crippen LogP contribution in [-0.2, 0) is 14.6 Å². The maximum absolute atomic E-state index is 11.0. The van der Waals surface area contributed by atoms with Crippen LogP contribution in [0.4, 0.5) is 0 Å². The Labute approximate surface area is 227 Å². The molecule has 1 atom stereocenters.